The van der Waals surface area contributed by atoms with Gasteiger partial charge < -0.3 is 10.2 Å². The molecule has 2 rings (SSSR count). The van der Waals surface area contributed by atoms with E-state index in [0.717, 1.165) is 44.8 Å². The van der Waals surface area contributed by atoms with Gasteiger partial charge in [0.05, 0.1) is 0 Å². The van der Waals surface area contributed by atoms with Crippen molar-refractivity contribution in [1.82, 2.24) is 20.0 Å². The third kappa shape index (κ3) is 3.91. The van der Waals surface area contributed by atoms with Crippen LogP contribution >= 0.6 is 0 Å². The van der Waals surface area contributed by atoms with Crippen molar-refractivity contribution in [2.24, 2.45) is 0 Å². The maximum absolute atomic E-state index is 12.5. The standard InChI is InChI=1S/C15H25N5O/c1-4-8-16-14-7-6-13(17-18-14)15(21)20-10-9-19(3)12(5-2)11-20/h6-7,12H,4-5,8-11H2,1-3H3,(H,16,18). The highest BCUT2D eigenvalue weighted by Crippen LogP contribution is 2.13. The molecule has 0 spiro atoms. The summed E-state index contributed by atoms with van der Waals surface area (Å²) in [6.45, 7) is 7.54. The molecule has 1 aromatic rings. The summed E-state index contributed by atoms with van der Waals surface area (Å²) < 4.78 is 0. The molecule has 1 amide bonds. The molecule has 1 aliphatic heterocycles. The molecule has 2 heterocycles. The maximum Gasteiger partial charge on any atom is 0.274 e. The Bertz CT molecular complexity index is 462. The number of likely N-dealkylation sites (N-methyl/N-ethyl adjacent to an activating group) is 1. The number of rotatable bonds is 5. The van der Waals surface area contributed by atoms with Crippen LogP contribution in [0.25, 0.3) is 0 Å². The molecule has 1 aliphatic rings. The van der Waals surface area contributed by atoms with Crippen molar-refractivity contribution < 1.29 is 4.79 Å². The Morgan fingerprint density at radius 2 is 2.14 bits per heavy atom. The summed E-state index contributed by atoms with van der Waals surface area (Å²) in [5.74, 6) is 0.703. The van der Waals surface area contributed by atoms with E-state index in [4.69, 9.17) is 0 Å². The van der Waals surface area contributed by atoms with Crippen LogP contribution in [0.4, 0.5) is 5.82 Å². The Labute approximate surface area is 126 Å². The van der Waals surface area contributed by atoms with E-state index in [0.29, 0.717) is 11.7 Å². The number of carbonyl (C=O) groups is 1. The van der Waals surface area contributed by atoms with Crippen LogP contribution in [0, 0.1) is 0 Å². The van der Waals surface area contributed by atoms with Gasteiger partial charge in [-0.05, 0) is 32.0 Å². The van der Waals surface area contributed by atoms with E-state index in [2.05, 4.69) is 41.3 Å². The van der Waals surface area contributed by atoms with Gasteiger partial charge in [-0.1, -0.05) is 13.8 Å². The van der Waals surface area contributed by atoms with Crippen LogP contribution in [-0.2, 0) is 0 Å². The molecule has 0 aliphatic carbocycles. The number of hydrogen-bond acceptors (Lipinski definition) is 5. The molecule has 1 aromatic heterocycles. The number of carbonyl (C=O) groups excluding carboxylic acids is 1. The highest BCUT2D eigenvalue weighted by molar-refractivity contribution is 5.92. The van der Waals surface area contributed by atoms with Gasteiger partial charge in [0.15, 0.2) is 5.69 Å². The smallest absolute Gasteiger partial charge is 0.274 e. The zero-order valence-electron chi connectivity index (χ0n) is 13.2. The van der Waals surface area contributed by atoms with Gasteiger partial charge in [0.2, 0.25) is 0 Å². The molecular weight excluding hydrogens is 266 g/mol. The maximum atomic E-state index is 12.5. The largest absolute Gasteiger partial charge is 0.369 e. The predicted octanol–water partition coefficient (Wildman–Crippen LogP) is 1.46. The Morgan fingerprint density at radius 1 is 1.33 bits per heavy atom. The van der Waals surface area contributed by atoms with Gasteiger partial charge in [0, 0.05) is 32.2 Å². The normalized spacial score (nSPS) is 19.6. The van der Waals surface area contributed by atoms with Gasteiger partial charge in [-0.15, -0.1) is 10.2 Å². The van der Waals surface area contributed by atoms with Crippen molar-refractivity contribution in [2.45, 2.75) is 32.7 Å². The van der Waals surface area contributed by atoms with Gasteiger partial charge in [0.1, 0.15) is 5.82 Å². The number of piperazine rings is 1. The first kappa shape index (κ1) is 15.7. The molecule has 21 heavy (non-hydrogen) atoms. The minimum atomic E-state index is -0.0175. The lowest BCUT2D eigenvalue weighted by Crippen LogP contribution is -2.53. The minimum Gasteiger partial charge on any atom is -0.369 e. The van der Waals surface area contributed by atoms with E-state index in [-0.39, 0.29) is 5.91 Å². The Kier molecular flexibility index (Phi) is 5.50. The second-order valence-corrected chi connectivity index (χ2v) is 5.52. The number of hydrogen-bond donors (Lipinski definition) is 1. The number of aromatic nitrogens is 2. The minimum absolute atomic E-state index is 0.0175. The van der Waals surface area contributed by atoms with Crippen LogP contribution in [0.15, 0.2) is 12.1 Å². The van der Waals surface area contributed by atoms with E-state index in [1.54, 1.807) is 6.07 Å². The lowest BCUT2D eigenvalue weighted by molar-refractivity contribution is 0.0535. The molecule has 0 radical (unpaired) electrons. The molecule has 0 saturated carbocycles. The third-order valence-corrected chi connectivity index (χ3v) is 3.98. The molecular formula is C15H25N5O. The lowest BCUT2D eigenvalue weighted by Gasteiger charge is -2.38. The fourth-order valence-corrected chi connectivity index (χ4v) is 2.53. The highest BCUT2D eigenvalue weighted by Gasteiger charge is 2.27. The lowest BCUT2D eigenvalue weighted by atomic mass is 10.1. The van der Waals surface area contributed by atoms with E-state index in [1.165, 1.54) is 0 Å². The van der Waals surface area contributed by atoms with Gasteiger partial charge in [0.25, 0.3) is 5.91 Å². The Hall–Kier alpha value is -1.69. The first-order chi connectivity index (χ1) is 10.2. The zero-order chi connectivity index (χ0) is 15.2. The second-order valence-electron chi connectivity index (χ2n) is 5.52. The van der Waals surface area contributed by atoms with Gasteiger partial charge in [-0.2, -0.15) is 0 Å². The summed E-state index contributed by atoms with van der Waals surface area (Å²) in [4.78, 5) is 16.7. The molecule has 1 fully saturated rings. The molecule has 1 N–H and O–H groups in total. The molecule has 1 atom stereocenters. The molecule has 6 heteroatoms. The topological polar surface area (TPSA) is 61.4 Å². The summed E-state index contributed by atoms with van der Waals surface area (Å²) in [7, 11) is 2.12. The first-order valence-electron chi connectivity index (χ1n) is 7.72. The fraction of sp³-hybridized carbons (Fsp3) is 0.667. The average molecular weight is 291 g/mol. The molecule has 6 nitrogen and oxygen atoms in total. The fourth-order valence-electron chi connectivity index (χ4n) is 2.53. The van der Waals surface area contributed by atoms with E-state index in [9.17, 15) is 4.79 Å². The van der Waals surface area contributed by atoms with Gasteiger partial charge in [-0.25, -0.2) is 0 Å². The van der Waals surface area contributed by atoms with Crippen molar-refractivity contribution in [2.75, 3.05) is 38.5 Å². The number of nitrogens with one attached hydrogen (secondary N) is 1. The summed E-state index contributed by atoms with van der Waals surface area (Å²) in [6, 6.07) is 4.01. The van der Waals surface area contributed by atoms with Crippen LogP contribution in [0.3, 0.4) is 0 Å². The summed E-state index contributed by atoms with van der Waals surface area (Å²) >= 11 is 0. The number of anilines is 1. The first-order valence-corrected chi connectivity index (χ1v) is 7.72. The quantitative estimate of drug-likeness (QED) is 0.890. The molecule has 1 saturated heterocycles. The van der Waals surface area contributed by atoms with Gasteiger partial charge >= 0.3 is 0 Å². The van der Waals surface area contributed by atoms with E-state index < -0.39 is 0 Å². The Balaban J connectivity index is 1.99. The van der Waals surface area contributed by atoms with Crippen molar-refractivity contribution >= 4 is 11.7 Å². The van der Waals surface area contributed by atoms with Crippen LogP contribution in [0.2, 0.25) is 0 Å². The highest BCUT2D eigenvalue weighted by atomic mass is 16.2. The SMILES string of the molecule is CCCNc1ccc(C(=O)N2CCN(C)C(CC)C2)nn1. The predicted molar refractivity (Wildman–Crippen MR) is 83.4 cm³/mol. The van der Waals surface area contributed by atoms with Crippen LogP contribution in [0.5, 0.6) is 0 Å². The monoisotopic (exact) mass is 291 g/mol. The number of nitrogens with zero attached hydrogens (tertiary/aromatic N) is 4. The molecule has 116 valence electrons. The average Bonchev–Trinajstić information content (AvgIpc) is 2.53. The third-order valence-electron chi connectivity index (χ3n) is 3.98. The van der Waals surface area contributed by atoms with Gasteiger partial charge in [-0.3, -0.25) is 9.69 Å². The summed E-state index contributed by atoms with van der Waals surface area (Å²) in [5, 5.41) is 11.3. The number of amides is 1. The second kappa shape index (κ2) is 7.36. The van der Waals surface area contributed by atoms with Crippen LogP contribution in [0.1, 0.15) is 37.2 Å². The Morgan fingerprint density at radius 3 is 2.76 bits per heavy atom. The van der Waals surface area contributed by atoms with Crippen molar-refractivity contribution in [3.8, 4) is 0 Å². The zero-order valence-corrected chi connectivity index (χ0v) is 13.2. The summed E-state index contributed by atoms with van der Waals surface area (Å²) in [6.07, 6.45) is 2.08. The summed E-state index contributed by atoms with van der Waals surface area (Å²) in [5.41, 5.74) is 0.427. The molecule has 0 aromatic carbocycles. The van der Waals surface area contributed by atoms with E-state index in [1.807, 2.05) is 11.0 Å². The van der Waals surface area contributed by atoms with Crippen molar-refractivity contribution in [3.63, 3.8) is 0 Å². The van der Waals surface area contributed by atoms with Crippen molar-refractivity contribution in [3.05, 3.63) is 17.8 Å². The van der Waals surface area contributed by atoms with Crippen molar-refractivity contribution in [1.29, 1.82) is 0 Å². The van der Waals surface area contributed by atoms with Crippen LogP contribution in [-0.4, -0.2) is 65.2 Å². The van der Waals surface area contributed by atoms with Crippen LogP contribution < -0.4 is 5.32 Å². The molecule has 1 unspecified atom stereocenters. The van der Waals surface area contributed by atoms with E-state index >= 15 is 0 Å². The molecule has 0 bridgehead atoms.